The van der Waals surface area contributed by atoms with Crippen molar-refractivity contribution in [3.05, 3.63) is 11.6 Å². The first-order chi connectivity index (χ1) is 21.9. The third-order valence-electron chi connectivity index (χ3n) is 18.8. The van der Waals surface area contributed by atoms with Crippen molar-refractivity contribution >= 4 is 11.9 Å². The average molecular weight is 667 g/mol. The van der Waals surface area contributed by atoms with Gasteiger partial charge in [0.15, 0.2) is 0 Å². The average Bonchev–Trinajstić information content (AvgIpc) is 2.96. The number of aliphatic carboxylic acids is 2. The molecule has 0 aromatic rings. The number of carbonyl (C=O) groups is 2. The second-order valence-electron chi connectivity index (χ2n) is 21.1. The Morgan fingerprint density at radius 1 is 0.750 bits per heavy atom. The van der Waals surface area contributed by atoms with Gasteiger partial charge in [0.2, 0.25) is 0 Å². The van der Waals surface area contributed by atoms with E-state index in [-0.39, 0.29) is 11.8 Å². The zero-order chi connectivity index (χ0) is 36.1. The van der Waals surface area contributed by atoms with Crippen LogP contribution in [-0.2, 0) is 9.59 Å². The van der Waals surface area contributed by atoms with Gasteiger partial charge >= 0.3 is 5.97 Å². The molecule has 0 saturated heterocycles. The van der Waals surface area contributed by atoms with Gasteiger partial charge in [0.05, 0.1) is 6.42 Å². The van der Waals surface area contributed by atoms with Crippen molar-refractivity contribution in [2.24, 2.45) is 78.8 Å². The number of hydrogen-bond acceptors (Lipinski definition) is 2. The van der Waals surface area contributed by atoms with E-state index in [1.807, 2.05) is 0 Å². The Hall–Kier alpha value is -1.32. The molecule has 0 aromatic heterocycles. The normalized spacial score (nSPS) is 45.6. The number of carboxylic acids is 2. The van der Waals surface area contributed by atoms with Gasteiger partial charge in [0.25, 0.3) is 5.97 Å². The maximum atomic E-state index is 10.7. The van der Waals surface area contributed by atoms with E-state index in [1.165, 1.54) is 44.1 Å². The fraction of sp³-hybridized carbons (Fsp3) is 0.909. The van der Waals surface area contributed by atoms with Crippen LogP contribution in [0.3, 0.4) is 0 Å². The molecule has 0 amide bonds. The van der Waals surface area contributed by atoms with Gasteiger partial charge in [-0.2, -0.15) is 0 Å². The van der Waals surface area contributed by atoms with E-state index in [4.69, 9.17) is 15.0 Å². The summed E-state index contributed by atoms with van der Waals surface area (Å²) in [6, 6.07) is 0. The van der Waals surface area contributed by atoms with Gasteiger partial charge in [-0.1, -0.05) is 87.8 Å². The fourth-order valence-electron chi connectivity index (χ4n) is 16.1. The molecule has 2 N–H and O–H groups in total. The van der Waals surface area contributed by atoms with Crippen LogP contribution in [0.25, 0.3) is 0 Å². The van der Waals surface area contributed by atoms with E-state index < -0.39 is 11.9 Å². The maximum Gasteiger partial charge on any atom is 0.303 e. The molecule has 4 heteroatoms. The molecular weight excluding hydrogens is 592 g/mol. The molecule has 9 fully saturated rings. The van der Waals surface area contributed by atoms with Crippen molar-refractivity contribution in [1.29, 1.82) is 0 Å². The summed E-state index contributed by atoms with van der Waals surface area (Å²) in [5.41, 5.74) is 5.16. The Labute approximate surface area is 295 Å². The molecule has 6 bridgehead atoms. The summed E-state index contributed by atoms with van der Waals surface area (Å²) in [7, 11) is 0. The van der Waals surface area contributed by atoms with Crippen LogP contribution in [0.4, 0.5) is 0 Å². The van der Waals surface area contributed by atoms with Gasteiger partial charge in [0.1, 0.15) is 0 Å². The summed E-state index contributed by atoms with van der Waals surface area (Å²) < 4.78 is 0. The van der Waals surface area contributed by atoms with Crippen LogP contribution < -0.4 is 0 Å². The third-order valence-corrected chi connectivity index (χ3v) is 18.8. The highest BCUT2D eigenvalue weighted by atomic mass is 16.4. The van der Waals surface area contributed by atoms with Crippen molar-refractivity contribution in [1.82, 2.24) is 0 Å². The summed E-state index contributed by atoms with van der Waals surface area (Å²) in [5, 5.41) is 16.2. The topological polar surface area (TPSA) is 74.6 Å². The highest BCUT2D eigenvalue weighted by Gasteiger charge is 2.88. The zero-order valence-electron chi connectivity index (χ0n) is 33.4. The van der Waals surface area contributed by atoms with Gasteiger partial charge in [0, 0.05) is 6.92 Å². The Bertz CT molecular complexity index is 1300. The number of allylic oxidation sites excluding steroid dienone is 2. The van der Waals surface area contributed by atoms with Crippen LogP contribution in [0, 0.1) is 78.8 Å². The van der Waals surface area contributed by atoms with E-state index >= 15 is 0 Å². The SMILES string of the molecule is CC(=O)O.CC1=CCC(C(C)(C)CC(=O)O)CC1.CC1CCC2CC1(C1(C)CCC3CC1(C14CC(CCC1C)C4(C)C)C3(C)C)C2(C)C. The highest BCUT2D eigenvalue weighted by Crippen LogP contribution is 2.95. The summed E-state index contributed by atoms with van der Waals surface area (Å²) in [5.74, 6) is 3.80. The molecule has 10 aliphatic carbocycles. The van der Waals surface area contributed by atoms with Crippen molar-refractivity contribution in [2.75, 3.05) is 0 Å². The monoisotopic (exact) mass is 667 g/mol. The van der Waals surface area contributed by atoms with Crippen LogP contribution in [0.5, 0.6) is 0 Å². The molecule has 10 atom stereocenters. The van der Waals surface area contributed by atoms with Crippen molar-refractivity contribution < 1.29 is 19.8 Å². The molecule has 0 radical (unpaired) electrons. The fourth-order valence-corrected chi connectivity index (χ4v) is 16.1. The maximum absolute atomic E-state index is 10.7. The van der Waals surface area contributed by atoms with Gasteiger partial charge in [-0.05, 0) is 163 Å². The summed E-state index contributed by atoms with van der Waals surface area (Å²) in [6.45, 7) is 32.0. The summed E-state index contributed by atoms with van der Waals surface area (Å²) in [4.78, 5) is 19.7. The molecule has 0 heterocycles. The van der Waals surface area contributed by atoms with Crippen molar-refractivity contribution in [2.45, 2.75) is 173 Å². The van der Waals surface area contributed by atoms with Crippen LogP contribution in [0.15, 0.2) is 11.6 Å². The summed E-state index contributed by atoms with van der Waals surface area (Å²) in [6.07, 6.45) is 19.6. The largest absolute Gasteiger partial charge is 0.481 e. The first kappa shape index (κ1) is 37.9. The molecule has 274 valence electrons. The van der Waals surface area contributed by atoms with E-state index in [9.17, 15) is 4.79 Å². The van der Waals surface area contributed by atoms with Gasteiger partial charge in [-0.15, -0.1) is 0 Å². The van der Waals surface area contributed by atoms with Gasteiger partial charge < -0.3 is 10.2 Å². The van der Waals surface area contributed by atoms with Gasteiger partial charge in [-0.25, -0.2) is 0 Å². The van der Waals surface area contributed by atoms with Crippen LogP contribution >= 0.6 is 0 Å². The number of rotatable bonds is 5. The predicted molar refractivity (Wildman–Crippen MR) is 198 cm³/mol. The lowest BCUT2D eigenvalue weighted by Crippen LogP contribution is -2.86. The molecule has 0 aliphatic heterocycles. The molecule has 10 unspecified atom stereocenters. The van der Waals surface area contributed by atoms with E-state index in [2.05, 4.69) is 89.2 Å². The molecule has 10 rings (SSSR count). The summed E-state index contributed by atoms with van der Waals surface area (Å²) >= 11 is 0. The second-order valence-corrected chi connectivity index (χ2v) is 21.1. The Kier molecular flexibility index (Phi) is 9.37. The number of hydrogen-bond donors (Lipinski definition) is 2. The number of carboxylic acid groups (broad SMARTS) is 2. The molecular formula is C44H74O4. The number of fused-ring (bicyclic) bond motifs is 6. The predicted octanol–water partition coefficient (Wildman–Crippen LogP) is 12.1. The highest BCUT2D eigenvalue weighted by molar-refractivity contribution is 5.67. The quantitative estimate of drug-likeness (QED) is 0.286. The minimum atomic E-state index is -0.833. The van der Waals surface area contributed by atoms with E-state index in [0.29, 0.717) is 43.8 Å². The molecule has 9 saturated carbocycles. The smallest absolute Gasteiger partial charge is 0.303 e. The molecule has 4 nitrogen and oxygen atoms in total. The lowest BCUT2D eigenvalue weighted by atomic mass is 9.12. The van der Waals surface area contributed by atoms with E-state index in [0.717, 1.165) is 55.8 Å². The standard InChI is InChI=1S/C30H50.C12H20O2.C2H4O2/c1-19-10-12-21-16-28(19,24(21,3)4)27(9)15-14-23-18-30(27,26(23,7)8)29-17-22(25(29,5)6)13-11-20(29)2;1-9-4-6-10(7-5-9)12(2,3)8-11(13)14;1-2(3)4/h19-23H,10-18H2,1-9H3;4,10H,5-8H2,1-3H3,(H,13,14);1H3,(H,3,4). The molecule has 48 heavy (non-hydrogen) atoms. The van der Waals surface area contributed by atoms with Crippen LogP contribution in [0.1, 0.15) is 173 Å². The third kappa shape index (κ3) is 4.70. The first-order valence-electron chi connectivity index (χ1n) is 20.0. The minimum Gasteiger partial charge on any atom is -0.481 e. The van der Waals surface area contributed by atoms with Crippen molar-refractivity contribution in [3.63, 3.8) is 0 Å². The Morgan fingerprint density at radius 3 is 1.62 bits per heavy atom. The Balaban J connectivity index is 0.000000210. The Morgan fingerprint density at radius 2 is 1.23 bits per heavy atom. The molecule has 0 spiro atoms. The lowest BCUT2D eigenvalue weighted by Gasteiger charge is -2.92. The van der Waals surface area contributed by atoms with Crippen molar-refractivity contribution in [3.8, 4) is 0 Å². The van der Waals surface area contributed by atoms with Crippen LogP contribution in [0.2, 0.25) is 0 Å². The first-order valence-corrected chi connectivity index (χ1v) is 20.0. The lowest BCUT2D eigenvalue weighted by molar-refractivity contribution is -0.441. The van der Waals surface area contributed by atoms with Gasteiger partial charge in [-0.3, -0.25) is 9.59 Å². The molecule has 0 aromatic carbocycles. The molecule has 10 aliphatic rings. The second kappa shape index (κ2) is 11.9. The zero-order valence-corrected chi connectivity index (χ0v) is 33.4. The minimum absolute atomic E-state index is 0.0664. The van der Waals surface area contributed by atoms with Crippen LogP contribution in [-0.4, -0.2) is 22.2 Å². The van der Waals surface area contributed by atoms with E-state index in [1.54, 1.807) is 19.3 Å².